The summed E-state index contributed by atoms with van der Waals surface area (Å²) in [7, 11) is 0. The van der Waals surface area contributed by atoms with E-state index in [9.17, 15) is 9.18 Å². The number of carbonyl (C=O) groups is 1. The number of nitrogens with zero attached hydrogens (tertiary/aromatic N) is 1. The highest BCUT2D eigenvalue weighted by atomic mass is 19.1. The van der Waals surface area contributed by atoms with E-state index >= 15 is 0 Å². The minimum absolute atomic E-state index is 0.0288. The Kier molecular flexibility index (Phi) is 5.26. The predicted molar refractivity (Wildman–Crippen MR) is 78.3 cm³/mol. The number of likely N-dealkylation sites (tertiary alicyclic amines) is 1. The maximum Gasteiger partial charge on any atom is 0.147 e. The smallest absolute Gasteiger partial charge is 0.147 e. The lowest BCUT2D eigenvalue weighted by molar-refractivity contribution is -0.120. The number of benzene rings is 1. The van der Waals surface area contributed by atoms with Crippen molar-refractivity contribution in [3.63, 3.8) is 0 Å². The Hall–Kier alpha value is -1.26. The lowest BCUT2D eigenvalue weighted by Gasteiger charge is -2.23. The second-order valence-corrected chi connectivity index (χ2v) is 5.51. The van der Waals surface area contributed by atoms with Gasteiger partial charge in [0, 0.05) is 25.6 Å². The predicted octanol–water partition coefficient (Wildman–Crippen LogP) is 2.02. The molecule has 4 heteroatoms. The third kappa shape index (κ3) is 3.64. The average molecular weight is 278 g/mol. The van der Waals surface area contributed by atoms with E-state index in [1.54, 1.807) is 6.92 Å². The number of carbonyl (C=O) groups excluding carboxylic acids is 1. The standard InChI is InChI=1S/C16H23FN2O/c1-3-18-16(12(2)20)14-10-19(11-15(14)17)9-13-7-5-4-6-8-13/h4-8,14-16,18H,3,9-11H2,1-2H3/t14-,15-,16?/m1/s1. The summed E-state index contributed by atoms with van der Waals surface area (Å²) in [4.78, 5) is 13.8. The summed E-state index contributed by atoms with van der Waals surface area (Å²) in [6.45, 7) is 5.96. The van der Waals surface area contributed by atoms with Gasteiger partial charge >= 0.3 is 0 Å². The molecule has 0 aliphatic carbocycles. The number of alkyl halides is 1. The van der Waals surface area contributed by atoms with E-state index in [1.807, 2.05) is 37.3 Å². The number of nitrogens with one attached hydrogen (secondary N) is 1. The molecule has 20 heavy (non-hydrogen) atoms. The molecule has 1 aliphatic rings. The van der Waals surface area contributed by atoms with Crippen LogP contribution in [0.3, 0.4) is 0 Å². The van der Waals surface area contributed by atoms with E-state index in [0.29, 0.717) is 19.6 Å². The molecule has 0 amide bonds. The van der Waals surface area contributed by atoms with E-state index in [1.165, 1.54) is 5.56 Å². The molecule has 3 nitrogen and oxygen atoms in total. The molecule has 1 N–H and O–H groups in total. The Balaban J connectivity index is 1.99. The first kappa shape index (κ1) is 15.1. The molecule has 0 saturated carbocycles. The van der Waals surface area contributed by atoms with Crippen LogP contribution in [0.5, 0.6) is 0 Å². The molecule has 110 valence electrons. The fourth-order valence-electron chi connectivity index (χ4n) is 2.97. The monoisotopic (exact) mass is 278 g/mol. The summed E-state index contributed by atoms with van der Waals surface area (Å²) in [5.74, 6) is -0.211. The van der Waals surface area contributed by atoms with Crippen LogP contribution in [0.25, 0.3) is 0 Å². The van der Waals surface area contributed by atoms with Crippen molar-refractivity contribution in [1.82, 2.24) is 10.2 Å². The number of ketones is 1. The molecule has 0 spiro atoms. The first-order valence-electron chi connectivity index (χ1n) is 7.26. The maximum atomic E-state index is 14.2. The third-order valence-corrected chi connectivity index (χ3v) is 3.91. The van der Waals surface area contributed by atoms with Crippen LogP contribution in [0.15, 0.2) is 30.3 Å². The van der Waals surface area contributed by atoms with Gasteiger partial charge in [-0.3, -0.25) is 9.69 Å². The van der Waals surface area contributed by atoms with Crippen LogP contribution in [0, 0.1) is 5.92 Å². The largest absolute Gasteiger partial charge is 0.307 e. The van der Waals surface area contributed by atoms with Gasteiger partial charge in [0.05, 0.1) is 6.04 Å². The van der Waals surface area contributed by atoms with Crippen molar-refractivity contribution >= 4 is 5.78 Å². The highest BCUT2D eigenvalue weighted by molar-refractivity contribution is 5.82. The Morgan fingerprint density at radius 1 is 1.40 bits per heavy atom. The van der Waals surface area contributed by atoms with Crippen molar-refractivity contribution in [3.05, 3.63) is 35.9 Å². The number of Topliss-reactive ketones (excluding diaryl/α,β-unsaturated/α-hetero) is 1. The summed E-state index contributed by atoms with van der Waals surface area (Å²) in [5.41, 5.74) is 1.18. The molecule has 0 radical (unpaired) electrons. The van der Waals surface area contributed by atoms with Crippen LogP contribution < -0.4 is 5.32 Å². The Morgan fingerprint density at radius 2 is 2.10 bits per heavy atom. The van der Waals surface area contributed by atoms with Gasteiger partial charge < -0.3 is 5.32 Å². The van der Waals surface area contributed by atoms with Crippen molar-refractivity contribution in [1.29, 1.82) is 0 Å². The normalized spacial score (nSPS) is 24.8. The SMILES string of the molecule is CCNC(C(C)=O)[C@@H]1CN(Cc2ccccc2)C[C@H]1F. The second kappa shape index (κ2) is 6.95. The van der Waals surface area contributed by atoms with Crippen molar-refractivity contribution in [2.75, 3.05) is 19.6 Å². The number of rotatable bonds is 6. The van der Waals surface area contributed by atoms with Crippen LogP contribution in [0.2, 0.25) is 0 Å². The Morgan fingerprint density at radius 3 is 2.70 bits per heavy atom. The molecule has 1 aromatic rings. The van der Waals surface area contributed by atoms with E-state index in [0.717, 1.165) is 6.54 Å². The molecule has 2 rings (SSSR count). The topological polar surface area (TPSA) is 32.3 Å². The molecule has 1 aromatic carbocycles. The van der Waals surface area contributed by atoms with Gasteiger partial charge in [-0.15, -0.1) is 0 Å². The van der Waals surface area contributed by atoms with Crippen molar-refractivity contribution in [2.45, 2.75) is 32.6 Å². The lowest BCUT2D eigenvalue weighted by Crippen LogP contribution is -2.45. The van der Waals surface area contributed by atoms with Crippen LogP contribution in [0.4, 0.5) is 4.39 Å². The quantitative estimate of drug-likeness (QED) is 0.864. The number of hydrogen-bond acceptors (Lipinski definition) is 3. The summed E-state index contributed by atoms with van der Waals surface area (Å²) in [5, 5.41) is 3.12. The molecule has 1 heterocycles. The molecular formula is C16H23FN2O. The molecule has 1 aliphatic heterocycles. The van der Waals surface area contributed by atoms with Gasteiger partial charge in [0.25, 0.3) is 0 Å². The van der Waals surface area contributed by atoms with Gasteiger partial charge in [0.15, 0.2) is 0 Å². The summed E-state index contributed by atoms with van der Waals surface area (Å²) >= 11 is 0. The van der Waals surface area contributed by atoms with Gasteiger partial charge in [0.2, 0.25) is 0 Å². The van der Waals surface area contributed by atoms with Gasteiger partial charge in [-0.25, -0.2) is 4.39 Å². The fraction of sp³-hybridized carbons (Fsp3) is 0.562. The van der Waals surface area contributed by atoms with Crippen LogP contribution in [-0.4, -0.2) is 42.5 Å². The van der Waals surface area contributed by atoms with Gasteiger partial charge in [-0.1, -0.05) is 37.3 Å². The summed E-state index contributed by atoms with van der Waals surface area (Å²) < 4.78 is 14.2. The highest BCUT2D eigenvalue weighted by Gasteiger charge is 2.39. The summed E-state index contributed by atoms with van der Waals surface area (Å²) in [6, 6.07) is 9.70. The van der Waals surface area contributed by atoms with Crippen LogP contribution >= 0.6 is 0 Å². The zero-order chi connectivity index (χ0) is 14.5. The molecule has 3 atom stereocenters. The van der Waals surface area contributed by atoms with Crippen LogP contribution in [0.1, 0.15) is 19.4 Å². The molecule has 0 aromatic heterocycles. The van der Waals surface area contributed by atoms with Gasteiger partial charge in [0.1, 0.15) is 12.0 Å². The van der Waals surface area contributed by atoms with Crippen molar-refractivity contribution in [3.8, 4) is 0 Å². The molecule has 1 unspecified atom stereocenters. The third-order valence-electron chi connectivity index (χ3n) is 3.91. The first-order chi connectivity index (χ1) is 9.61. The minimum atomic E-state index is -0.938. The number of likely N-dealkylation sites (N-methyl/N-ethyl adjacent to an activating group) is 1. The van der Waals surface area contributed by atoms with E-state index < -0.39 is 6.17 Å². The fourth-order valence-corrected chi connectivity index (χ4v) is 2.97. The van der Waals surface area contributed by atoms with Crippen LogP contribution in [-0.2, 0) is 11.3 Å². The lowest BCUT2D eigenvalue weighted by atomic mass is 9.94. The van der Waals surface area contributed by atoms with E-state index in [4.69, 9.17) is 0 Å². The zero-order valence-electron chi connectivity index (χ0n) is 12.2. The Bertz CT molecular complexity index is 437. The number of hydrogen-bond donors (Lipinski definition) is 1. The maximum absolute atomic E-state index is 14.2. The molecule has 1 fully saturated rings. The van der Waals surface area contributed by atoms with E-state index in [2.05, 4.69) is 10.2 Å². The highest BCUT2D eigenvalue weighted by Crippen LogP contribution is 2.25. The molecule has 1 saturated heterocycles. The minimum Gasteiger partial charge on any atom is -0.307 e. The zero-order valence-corrected chi connectivity index (χ0v) is 12.2. The van der Waals surface area contributed by atoms with E-state index in [-0.39, 0.29) is 17.7 Å². The van der Waals surface area contributed by atoms with Crippen molar-refractivity contribution < 1.29 is 9.18 Å². The van der Waals surface area contributed by atoms with Gasteiger partial charge in [-0.2, -0.15) is 0 Å². The second-order valence-electron chi connectivity index (χ2n) is 5.51. The molecule has 0 bridgehead atoms. The first-order valence-corrected chi connectivity index (χ1v) is 7.26. The molecular weight excluding hydrogens is 255 g/mol. The summed E-state index contributed by atoms with van der Waals surface area (Å²) in [6.07, 6.45) is -0.938. The number of halogens is 1. The van der Waals surface area contributed by atoms with Gasteiger partial charge in [-0.05, 0) is 19.0 Å². The Labute approximate surface area is 120 Å². The average Bonchev–Trinajstić information content (AvgIpc) is 2.77. The van der Waals surface area contributed by atoms with Crippen molar-refractivity contribution in [2.24, 2.45) is 5.92 Å².